The summed E-state index contributed by atoms with van der Waals surface area (Å²) in [6, 6.07) is 0. The van der Waals surface area contributed by atoms with Crippen molar-refractivity contribution < 1.29 is 9.53 Å². The lowest BCUT2D eigenvalue weighted by atomic mass is 10.4. The Bertz CT molecular complexity index is 237. The van der Waals surface area contributed by atoms with Crippen LogP contribution in [0.1, 0.15) is 19.3 Å². The van der Waals surface area contributed by atoms with Crippen molar-refractivity contribution in [1.82, 2.24) is 10.6 Å². The lowest BCUT2D eigenvalue weighted by Crippen LogP contribution is -2.39. The highest BCUT2D eigenvalue weighted by Gasteiger charge is 2.20. The van der Waals surface area contributed by atoms with Crippen molar-refractivity contribution in [3.63, 3.8) is 0 Å². The first-order valence-corrected chi connectivity index (χ1v) is 5.27. The molecule has 0 amide bonds. The maximum atomic E-state index is 10.8. The largest absolute Gasteiger partial charge is 0.469 e. The Morgan fingerprint density at radius 1 is 1.47 bits per heavy atom. The summed E-state index contributed by atoms with van der Waals surface area (Å²) in [7, 11) is 3.11. The van der Waals surface area contributed by atoms with Crippen molar-refractivity contribution >= 4 is 11.9 Å². The molecule has 0 aromatic heterocycles. The smallest absolute Gasteiger partial charge is 0.307 e. The second-order valence-corrected chi connectivity index (χ2v) is 3.65. The van der Waals surface area contributed by atoms with E-state index in [1.807, 2.05) is 0 Å². The zero-order valence-electron chi connectivity index (χ0n) is 9.38. The Balaban J connectivity index is 2.07. The Kier molecular flexibility index (Phi) is 4.93. The molecule has 0 aromatic carbocycles. The molecular weight excluding hydrogens is 194 g/mol. The van der Waals surface area contributed by atoms with Gasteiger partial charge >= 0.3 is 5.97 Å². The van der Waals surface area contributed by atoms with Gasteiger partial charge in [-0.05, 0) is 18.8 Å². The summed E-state index contributed by atoms with van der Waals surface area (Å²) in [4.78, 5) is 14.9. The average Bonchev–Trinajstić information content (AvgIpc) is 3.06. The van der Waals surface area contributed by atoms with Crippen molar-refractivity contribution in [2.45, 2.75) is 19.3 Å². The maximum Gasteiger partial charge on any atom is 0.307 e. The Hall–Kier alpha value is -1.26. The molecule has 0 spiro atoms. The number of ether oxygens (including phenoxy) is 1. The van der Waals surface area contributed by atoms with Crippen molar-refractivity contribution in [2.24, 2.45) is 10.9 Å². The third-order valence-electron chi connectivity index (χ3n) is 2.33. The summed E-state index contributed by atoms with van der Waals surface area (Å²) >= 11 is 0. The van der Waals surface area contributed by atoms with Gasteiger partial charge in [0.1, 0.15) is 0 Å². The van der Waals surface area contributed by atoms with Crippen LogP contribution in [0.4, 0.5) is 0 Å². The number of nitrogens with zero attached hydrogens (tertiary/aromatic N) is 1. The van der Waals surface area contributed by atoms with Gasteiger partial charge in [-0.15, -0.1) is 0 Å². The lowest BCUT2D eigenvalue weighted by molar-refractivity contribution is -0.140. The molecule has 1 aliphatic carbocycles. The predicted octanol–water partition coefficient (Wildman–Crippen LogP) is 0.124. The zero-order chi connectivity index (χ0) is 11.1. The summed E-state index contributed by atoms with van der Waals surface area (Å²) < 4.78 is 4.53. The Morgan fingerprint density at radius 3 is 2.73 bits per heavy atom. The average molecular weight is 213 g/mol. The number of carbonyl (C=O) groups excluding carboxylic acids is 1. The number of hydrogen-bond donors (Lipinski definition) is 2. The molecule has 0 aromatic rings. The summed E-state index contributed by atoms with van der Waals surface area (Å²) in [5.41, 5.74) is 0. The molecular formula is C10H19N3O2. The number of carbonyl (C=O) groups is 1. The van der Waals surface area contributed by atoms with E-state index >= 15 is 0 Å². The maximum absolute atomic E-state index is 10.8. The topological polar surface area (TPSA) is 62.7 Å². The Labute approximate surface area is 90.3 Å². The predicted molar refractivity (Wildman–Crippen MR) is 58.7 cm³/mol. The summed E-state index contributed by atoms with van der Waals surface area (Å²) in [5.74, 6) is 1.36. The first-order chi connectivity index (χ1) is 7.26. The van der Waals surface area contributed by atoms with Crippen LogP contribution in [0.3, 0.4) is 0 Å². The minimum absolute atomic E-state index is 0.208. The Morgan fingerprint density at radius 2 is 2.20 bits per heavy atom. The van der Waals surface area contributed by atoms with E-state index in [0.29, 0.717) is 13.0 Å². The number of rotatable bonds is 5. The molecule has 0 aliphatic heterocycles. The molecule has 5 heteroatoms. The van der Waals surface area contributed by atoms with Gasteiger partial charge in [0.25, 0.3) is 0 Å². The summed E-state index contributed by atoms with van der Waals surface area (Å²) in [6.07, 6.45) is 2.99. The molecule has 1 fully saturated rings. The zero-order valence-corrected chi connectivity index (χ0v) is 9.38. The van der Waals surface area contributed by atoms with Crippen molar-refractivity contribution in [1.29, 1.82) is 0 Å². The highest BCUT2D eigenvalue weighted by molar-refractivity contribution is 5.80. The van der Waals surface area contributed by atoms with Crippen LogP contribution in [0.5, 0.6) is 0 Å². The molecule has 1 aliphatic rings. The van der Waals surface area contributed by atoms with Crippen LogP contribution in [-0.2, 0) is 9.53 Å². The van der Waals surface area contributed by atoms with Gasteiger partial charge in [0.15, 0.2) is 5.96 Å². The van der Waals surface area contributed by atoms with Crippen LogP contribution in [0.15, 0.2) is 4.99 Å². The minimum atomic E-state index is -0.208. The summed E-state index contributed by atoms with van der Waals surface area (Å²) in [5, 5.41) is 6.27. The van der Waals surface area contributed by atoms with Gasteiger partial charge in [-0.3, -0.25) is 9.79 Å². The van der Waals surface area contributed by atoms with Crippen molar-refractivity contribution in [3.05, 3.63) is 0 Å². The molecule has 1 rings (SSSR count). The fraction of sp³-hybridized carbons (Fsp3) is 0.800. The third-order valence-corrected chi connectivity index (χ3v) is 2.33. The monoisotopic (exact) mass is 213 g/mol. The van der Waals surface area contributed by atoms with E-state index in [9.17, 15) is 4.79 Å². The first kappa shape index (κ1) is 11.8. The van der Waals surface area contributed by atoms with E-state index in [2.05, 4.69) is 20.4 Å². The molecule has 0 radical (unpaired) electrons. The molecule has 1 saturated carbocycles. The minimum Gasteiger partial charge on any atom is -0.469 e. The van der Waals surface area contributed by atoms with Gasteiger partial charge in [0.2, 0.25) is 0 Å². The van der Waals surface area contributed by atoms with Gasteiger partial charge in [-0.1, -0.05) is 0 Å². The number of guanidine groups is 1. The number of methoxy groups -OCH3 is 1. The molecule has 0 unspecified atom stereocenters. The molecule has 0 heterocycles. The van der Waals surface area contributed by atoms with Crippen LogP contribution in [0.25, 0.3) is 0 Å². The van der Waals surface area contributed by atoms with Crippen molar-refractivity contribution in [3.8, 4) is 0 Å². The lowest BCUT2D eigenvalue weighted by Gasteiger charge is -2.10. The second-order valence-electron chi connectivity index (χ2n) is 3.65. The highest BCUT2D eigenvalue weighted by atomic mass is 16.5. The molecule has 5 nitrogen and oxygen atoms in total. The van der Waals surface area contributed by atoms with Crippen LogP contribution >= 0.6 is 0 Å². The molecule has 2 N–H and O–H groups in total. The summed E-state index contributed by atoms with van der Waals surface area (Å²) in [6.45, 7) is 1.52. The molecule has 0 bridgehead atoms. The van der Waals surface area contributed by atoms with E-state index in [1.165, 1.54) is 20.0 Å². The van der Waals surface area contributed by atoms with Crippen LogP contribution in [0, 0.1) is 5.92 Å². The fourth-order valence-electron chi connectivity index (χ4n) is 1.17. The molecule has 15 heavy (non-hydrogen) atoms. The SMILES string of the molecule is CN=C(NCCC(=O)OC)NCC1CC1. The number of aliphatic imine (C=N–C) groups is 1. The molecule has 0 saturated heterocycles. The highest BCUT2D eigenvalue weighted by Crippen LogP contribution is 2.27. The van der Waals surface area contributed by atoms with Gasteiger partial charge < -0.3 is 15.4 Å². The first-order valence-electron chi connectivity index (χ1n) is 5.27. The van der Waals surface area contributed by atoms with E-state index in [-0.39, 0.29) is 5.97 Å². The van der Waals surface area contributed by atoms with Gasteiger partial charge in [0, 0.05) is 20.1 Å². The normalized spacial score (nSPS) is 16.0. The second kappa shape index (κ2) is 6.27. The fourth-order valence-corrected chi connectivity index (χ4v) is 1.17. The van der Waals surface area contributed by atoms with E-state index in [0.717, 1.165) is 18.4 Å². The third kappa shape index (κ3) is 5.24. The number of nitrogens with one attached hydrogen (secondary N) is 2. The number of esters is 1. The quantitative estimate of drug-likeness (QED) is 0.387. The van der Waals surface area contributed by atoms with Crippen LogP contribution < -0.4 is 10.6 Å². The van der Waals surface area contributed by atoms with Gasteiger partial charge in [-0.25, -0.2) is 0 Å². The van der Waals surface area contributed by atoms with E-state index in [1.54, 1.807) is 7.05 Å². The van der Waals surface area contributed by atoms with Crippen LogP contribution in [-0.4, -0.2) is 39.2 Å². The van der Waals surface area contributed by atoms with Gasteiger partial charge in [-0.2, -0.15) is 0 Å². The standard InChI is InChI=1S/C10H19N3O2/c1-11-10(13-7-8-3-4-8)12-6-5-9(14)15-2/h8H,3-7H2,1-2H3,(H2,11,12,13). The molecule has 0 atom stereocenters. The van der Waals surface area contributed by atoms with Crippen LogP contribution in [0.2, 0.25) is 0 Å². The van der Waals surface area contributed by atoms with E-state index in [4.69, 9.17) is 0 Å². The van der Waals surface area contributed by atoms with Gasteiger partial charge in [0.05, 0.1) is 13.5 Å². The van der Waals surface area contributed by atoms with E-state index < -0.39 is 0 Å². The van der Waals surface area contributed by atoms with Crippen molar-refractivity contribution in [2.75, 3.05) is 27.2 Å². The molecule has 86 valence electrons. The number of hydrogen-bond acceptors (Lipinski definition) is 3.